The van der Waals surface area contributed by atoms with Crippen molar-refractivity contribution in [1.29, 1.82) is 0 Å². The summed E-state index contributed by atoms with van der Waals surface area (Å²) in [6.07, 6.45) is 2.20. The Hall–Kier alpha value is -0.740. The highest BCUT2D eigenvalue weighted by Crippen LogP contribution is 2.19. The van der Waals surface area contributed by atoms with Gasteiger partial charge < -0.3 is 14.9 Å². The summed E-state index contributed by atoms with van der Waals surface area (Å²) in [5, 5.41) is 17.6. The lowest BCUT2D eigenvalue weighted by Gasteiger charge is -2.31. The molecule has 0 aromatic carbocycles. The Bertz CT molecular complexity index is 400. The van der Waals surface area contributed by atoms with E-state index in [0.717, 1.165) is 10.7 Å². The maximum absolute atomic E-state index is 12.1. The predicted molar refractivity (Wildman–Crippen MR) is 71.4 cm³/mol. The third-order valence-electron chi connectivity index (χ3n) is 3.03. The minimum absolute atomic E-state index is 0.0696. The maximum atomic E-state index is 12.1. The molecule has 1 atom stereocenters. The maximum Gasteiger partial charge on any atom is 0.322 e. The quantitative estimate of drug-likeness (QED) is 0.478. The van der Waals surface area contributed by atoms with Crippen LogP contribution in [0, 0.1) is 0 Å². The molecule has 118 valence electrons. The fourth-order valence-electron chi connectivity index (χ4n) is 2.06. The third-order valence-corrected chi connectivity index (χ3v) is 4.66. The summed E-state index contributed by atoms with van der Waals surface area (Å²) in [6, 6.07) is -0.980. The molecule has 1 rings (SSSR count). The van der Waals surface area contributed by atoms with Crippen molar-refractivity contribution in [1.82, 2.24) is 9.03 Å². The Morgan fingerprint density at radius 1 is 1.35 bits per heavy atom. The highest BCUT2D eigenvalue weighted by molar-refractivity contribution is 7.87. The fraction of sp³-hybridized carbons (Fsp3) is 0.909. The minimum atomic E-state index is -3.77. The van der Waals surface area contributed by atoms with Gasteiger partial charge in [0.1, 0.15) is 6.04 Å². The smallest absolute Gasteiger partial charge is 0.322 e. The first kappa shape index (κ1) is 17.3. The molecule has 1 fully saturated rings. The van der Waals surface area contributed by atoms with Gasteiger partial charge in [-0.3, -0.25) is 4.79 Å². The first-order valence-corrected chi connectivity index (χ1v) is 8.11. The lowest BCUT2D eigenvalue weighted by Crippen LogP contribution is -2.52. The van der Waals surface area contributed by atoms with Gasteiger partial charge in [0.25, 0.3) is 10.2 Å². The first-order chi connectivity index (χ1) is 9.49. The number of aliphatic hydroxyl groups excluding tert-OH is 1. The molecule has 1 aliphatic heterocycles. The SMILES string of the molecule is O=C(O)C1CCCCN1S(=O)(=O)NCCCOCCO. The summed E-state index contributed by atoms with van der Waals surface area (Å²) in [5.41, 5.74) is 0. The largest absolute Gasteiger partial charge is 0.480 e. The zero-order chi connectivity index (χ0) is 15.0. The van der Waals surface area contributed by atoms with E-state index in [1.54, 1.807) is 0 Å². The van der Waals surface area contributed by atoms with Crippen LogP contribution in [0.2, 0.25) is 0 Å². The van der Waals surface area contributed by atoms with Gasteiger partial charge in [-0.2, -0.15) is 12.7 Å². The van der Waals surface area contributed by atoms with Crippen molar-refractivity contribution < 1.29 is 28.2 Å². The number of piperidine rings is 1. The number of aliphatic carboxylic acids is 1. The Morgan fingerprint density at radius 3 is 2.75 bits per heavy atom. The van der Waals surface area contributed by atoms with Gasteiger partial charge in [0.2, 0.25) is 0 Å². The van der Waals surface area contributed by atoms with E-state index >= 15 is 0 Å². The summed E-state index contributed by atoms with van der Waals surface area (Å²) >= 11 is 0. The number of rotatable bonds is 9. The molecule has 0 amide bonds. The molecular formula is C11H22N2O6S. The molecule has 0 saturated carbocycles. The molecular weight excluding hydrogens is 288 g/mol. The molecule has 8 nitrogen and oxygen atoms in total. The molecule has 0 spiro atoms. The first-order valence-electron chi connectivity index (χ1n) is 6.67. The summed E-state index contributed by atoms with van der Waals surface area (Å²) in [7, 11) is -3.77. The van der Waals surface area contributed by atoms with Crippen LogP contribution < -0.4 is 4.72 Å². The highest BCUT2D eigenvalue weighted by Gasteiger charge is 2.36. The Balaban J connectivity index is 2.43. The van der Waals surface area contributed by atoms with Gasteiger partial charge in [0, 0.05) is 19.7 Å². The van der Waals surface area contributed by atoms with Crippen molar-refractivity contribution in [3.05, 3.63) is 0 Å². The zero-order valence-corrected chi connectivity index (χ0v) is 12.1. The van der Waals surface area contributed by atoms with Gasteiger partial charge in [-0.05, 0) is 25.7 Å². The van der Waals surface area contributed by atoms with E-state index in [2.05, 4.69) is 4.72 Å². The molecule has 3 N–H and O–H groups in total. The van der Waals surface area contributed by atoms with E-state index in [0.29, 0.717) is 25.9 Å². The number of carboxylic acid groups (broad SMARTS) is 1. The highest BCUT2D eigenvalue weighted by atomic mass is 32.2. The Labute approximate surface area is 118 Å². The van der Waals surface area contributed by atoms with Crippen LogP contribution in [-0.2, 0) is 19.7 Å². The molecule has 0 aromatic heterocycles. The molecule has 0 aromatic rings. The molecule has 0 radical (unpaired) electrons. The number of aliphatic hydroxyl groups is 1. The van der Waals surface area contributed by atoms with Crippen molar-refractivity contribution in [2.75, 3.05) is 32.9 Å². The monoisotopic (exact) mass is 310 g/mol. The summed E-state index contributed by atoms with van der Waals surface area (Å²) in [6.45, 7) is 0.898. The average Bonchev–Trinajstić information content (AvgIpc) is 2.42. The van der Waals surface area contributed by atoms with Crippen LogP contribution in [-0.4, -0.2) is 67.9 Å². The molecule has 1 saturated heterocycles. The van der Waals surface area contributed by atoms with Crippen LogP contribution >= 0.6 is 0 Å². The number of ether oxygens (including phenoxy) is 1. The lowest BCUT2D eigenvalue weighted by molar-refractivity contribution is -0.142. The van der Waals surface area contributed by atoms with Crippen LogP contribution in [0.25, 0.3) is 0 Å². The number of nitrogens with zero attached hydrogens (tertiary/aromatic N) is 1. The molecule has 1 unspecified atom stereocenters. The summed E-state index contributed by atoms with van der Waals surface area (Å²) < 4.78 is 32.5. The van der Waals surface area contributed by atoms with Crippen molar-refractivity contribution in [2.24, 2.45) is 0 Å². The van der Waals surface area contributed by atoms with Crippen molar-refractivity contribution >= 4 is 16.2 Å². The van der Waals surface area contributed by atoms with E-state index in [1.807, 2.05) is 0 Å². The van der Waals surface area contributed by atoms with Gasteiger partial charge in [-0.1, -0.05) is 0 Å². The molecule has 9 heteroatoms. The van der Waals surface area contributed by atoms with E-state index in [1.165, 1.54) is 0 Å². The Kier molecular flexibility index (Phi) is 7.38. The van der Waals surface area contributed by atoms with Crippen LogP contribution in [0.1, 0.15) is 25.7 Å². The van der Waals surface area contributed by atoms with Crippen molar-refractivity contribution in [3.8, 4) is 0 Å². The lowest BCUT2D eigenvalue weighted by atomic mass is 10.1. The topological polar surface area (TPSA) is 116 Å². The van der Waals surface area contributed by atoms with Crippen LogP contribution in [0.15, 0.2) is 0 Å². The molecule has 1 heterocycles. The second-order valence-electron chi connectivity index (χ2n) is 4.55. The second kappa shape index (κ2) is 8.53. The van der Waals surface area contributed by atoms with Crippen LogP contribution in [0.3, 0.4) is 0 Å². The normalized spacial score (nSPS) is 20.9. The van der Waals surface area contributed by atoms with E-state index in [-0.39, 0.29) is 26.3 Å². The van der Waals surface area contributed by atoms with E-state index in [4.69, 9.17) is 14.9 Å². The molecule has 1 aliphatic rings. The summed E-state index contributed by atoms with van der Waals surface area (Å²) in [5.74, 6) is -1.11. The zero-order valence-electron chi connectivity index (χ0n) is 11.3. The average molecular weight is 310 g/mol. The standard InChI is InChI=1S/C11H22N2O6S/c14-7-9-19-8-3-5-12-20(17,18)13-6-2-1-4-10(13)11(15)16/h10,12,14H,1-9H2,(H,15,16). The second-order valence-corrected chi connectivity index (χ2v) is 6.26. The van der Waals surface area contributed by atoms with Gasteiger partial charge in [-0.25, -0.2) is 4.72 Å². The number of nitrogens with one attached hydrogen (secondary N) is 1. The Morgan fingerprint density at radius 2 is 2.10 bits per heavy atom. The summed E-state index contributed by atoms with van der Waals surface area (Å²) in [4.78, 5) is 11.1. The number of hydrogen-bond acceptors (Lipinski definition) is 5. The predicted octanol–water partition coefficient (Wildman–Crippen LogP) is -0.841. The number of carbonyl (C=O) groups is 1. The third kappa shape index (κ3) is 5.33. The van der Waals surface area contributed by atoms with Gasteiger partial charge in [0.05, 0.1) is 13.2 Å². The number of hydrogen-bond donors (Lipinski definition) is 3. The number of carboxylic acids is 1. The van der Waals surface area contributed by atoms with Crippen LogP contribution in [0.5, 0.6) is 0 Å². The van der Waals surface area contributed by atoms with Crippen molar-refractivity contribution in [3.63, 3.8) is 0 Å². The van der Waals surface area contributed by atoms with Gasteiger partial charge in [0.15, 0.2) is 0 Å². The fourth-order valence-corrected chi connectivity index (χ4v) is 3.53. The van der Waals surface area contributed by atoms with Gasteiger partial charge >= 0.3 is 5.97 Å². The van der Waals surface area contributed by atoms with Gasteiger partial charge in [-0.15, -0.1) is 0 Å². The van der Waals surface area contributed by atoms with Crippen LogP contribution in [0.4, 0.5) is 0 Å². The van der Waals surface area contributed by atoms with E-state index < -0.39 is 22.2 Å². The molecule has 0 aliphatic carbocycles. The minimum Gasteiger partial charge on any atom is -0.480 e. The molecule has 20 heavy (non-hydrogen) atoms. The van der Waals surface area contributed by atoms with Crippen molar-refractivity contribution in [2.45, 2.75) is 31.7 Å². The molecule has 0 bridgehead atoms. The van der Waals surface area contributed by atoms with E-state index in [9.17, 15) is 13.2 Å².